The van der Waals surface area contributed by atoms with Gasteiger partial charge in [-0.3, -0.25) is 4.79 Å². The molecule has 2 N–H and O–H groups in total. The molecule has 0 bridgehead atoms. The van der Waals surface area contributed by atoms with Crippen molar-refractivity contribution in [2.75, 3.05) is 5.32 Å². The highest BCUT2D eigenvalue weighted by Crippen LogP contribution is 2.24. The lowest BCUT2D eigenvalue weighted by Gasteiger charge is -2.21. The van der Waals surface area contributed by atoms with E-state index in [0.29, 0.717) is 4.47 Å². The summed E-state index contributed by atoms with van der Waals surface area (Å²) in [5.41, 5.74) is -0.805. The molecule has 8 heteroatoms. The molecule has 0 aliphatic heterocycles. The number of carbonyl (C=O) groups is 1. The highest BCUT2D eigenvalue weighted by atomic mass is 79.9. The summed E-state index contributed by atoms with van der Waals surface area (Å²) in [6, 6.07) is 9.91. The van der Waals surface area contributed by atoms with Crippen molar-refractivity contribution in [3.05, 3.63) is 58.3 Å². The second-order valence-corrected chi connectivity index (χ2v) is 9.00. The molecule has 0 fully saturated rings. The van der Waals surface area contributed by atoms with Crippen molar-refractivity contribution in [2.24, 2.45) is 0 Å². The minimum atomic E-state index is -3.86. The lowest BCUT2D eigenvalue weighted by Crippen LogP contribution is -2.40. The topological polar surface area (TPSA) is 75.3 Å². The van der Waals surface area contributed by atoms with Crippen LogP contribution in [0.4, 0.5) is 10.1 Å². The number of sulfonamides is 1. The van der Waals surface area contributed by atoms with Crippen LogP contribution >= 0.6 is 15.9 Å². The highest BCUT2D eigenvalue weighted by Gasteiger charge is 2.25. The fraction of sp³-hybridized carbons (Fsp3) is 0.235. The Bertz CT molecular complexity index is 908. The number of halogens is 2. The van der Waals surface area contributed by atoms with Crippen LogP contribution in [0.3, 0.4) is 0 Å². The van der Waals surface area contributed by atoms with Gasteiger partial charge in [-0.05, 0) is 51.1 Å². The summed E-state index contributed by atoms with van der Waals surface area (Å²) in [6.45, 7) is 5.13. The Morgan fingerprint density at radius 1 is 1.12 bits per heavy atom. The molecule has 0 aliphatic carbocycles. The van der Waals surface area contributed by atoms with Crippen LogP contribution in [-0.2, 0) is 10.0 Å². The van der Waals surface area contributed by atoms with Crippen molar-refractivity contribution in [3.8, 4) is 0 Å². The van der Waals surface area contributed by atoms with E-state index < -0.39 is 27.3 Å². The third kappa shape index (κ3) is 5.10. The van der Waals surface area contributed by atoms with Crippen LogP contribution in [0.15, 0.2) is 51.8 Å². The van der Waals surface area contributed by atoms with E-state index in [9.17, 15) is 17.6 Å². The third-order valence-electron chi connectivity index (χ3n) is 3.04. The van der Waals surface area contributed by atoms with Crippen LogP contribution in [-0.4, -0.2) is 19.9 Å². The van der Waals surface area contributed by atoms with Gasteiger partial charge in [-0.15, -0.1) is 0 Å². The summed E-state index contributed by atoms with van der Waals surface area (Å²) in [6.07, 6.45) is 0. The van der Waals surface area contributed by atoms with Crippen LogP contribution in [0.2, 0.25) is 0 Å². The Kier molecular flexibility index (Phi) is 5.65. The first-order valence-corrected chi connectivity index (χ1v) is 9.67. The molecule has 2 rings (SSSR count). The Morgan fingerprint density at radius 3 is 2.40 bits per heavy atom. The van der Waals surface area contributed by atoms with Crippen molar-refractivity contribution in [1.82, 2.24) is 4.72 Å². The van der Waals surface area contributed by atoms with E-state index in [-0.39, 0.29) is 16.1 Å². The first-order chi connectivity index (χ1) is 11.5. The van der Waals surface area contributed by atoms with Gasteiger partial charge in [0.05, 0.1) is 11.3 Å². The number of para-hydroxylation sites is 1. The van der Waals surface area contributed by atoms with Gasteiger partial charge < -0.3 is 5.32 Å². The highest BCUT2D eigenvalue weighted by molar-refractivity contribution is 9.10. The molecular formula is C17H18BrFN2O3S. The molecule has 2 aromatic carbocycles. The number of carbonyl (C=O) groups excluding carboxylic acids is 1. The zero-order chi connectivity index (χ0) is 18.8. The Hall–Kier alpha value is -1.77. The van der Waals surface area contributed by atoms with Crippen molar-refractivity contribution >= 4 is 37.5 Å². The predicted octanol–water partition coefficient (Wildman–Crippen LogP) is 3.92. The molecule has 5 nitrogen and oxygen atoms in total. The van der Waals surface area contributed by atoms with Gasteiger partial charge in [0.1, 0.15) is 10.7 Å². The van der Waals surface area contributed by atoms with Gasteiger partial charge in [0.25, 0.3) is 5.91 Å². The summed E-state index contributed by atoms with van der Waals surface area (Å²) < 4.78 is 42.1. The van der Waals surface area contributed by atoms with E-state index >= 15 is 0 Å². The van der Waals surface area contributed by atoms with E-state index in [1.807, 2.05) is 0 Å². The second-order valence-electron chi connectivity index (χ2n) is 6.43. The zero-order valence-electron chi connectivity index (χ0n) is 13.9. The number of hydrogen-bond acceptors (Lipinski definition) is 3. The smallest absolute Gasteiger partial charge is 0.258 e. The summed E-state index contributed by atoms with van der Waals surface area (Å²) in [5, 5.41) is 2.47. The monoisotopic (exact) mass is 428 g/mol. The number of hydrogen-bond donors (Lipinski definition) is 2. The van der Waals surface area contributed by atoms with Crippen molar-refractivity contribution < 1.29 is 17.6 Å². The second kappa shape index (κ2) is 7.23. The number of anilines is 1. The van der Waals surface area contributed by atoms with E-state index in [2.05, 4.69) is 26.0 Å². The van der Waals surface area contributed by atoms with Crippen molar-refractivity contribution in [3.63, 3.8) is 0 Å². The normalized spacial score (nSPS) is 12.0. The fourth-order valence-corrected chi connectivity index (χ4v) is 4.07. The number of nitrogens with one attached hydrogen (secondary N) is 2. The van der Waals surface area contributed by atoms with Gasteiger partial charge in [0, 0.05) is 10.0 Å². The van der Waals surface area contributed by atoms with Gasteiger partial charge in [-0.2, -0.15) is 0 Å². The minimum Gasteiger partial charge on any atom is -0.321 e. The van der Waals surface area contributed by atoms with Crippen LogP contribution in [0.1, 0.15) is 31.1 Å². The average Bonchev–Trinajstić information content (AvgIpc) is 2.47. The largest absolute Gasteiger partial charge is 0.321 e. The first kappa shape index (κ1) is 19.6. The maximum Gasteiger partial charge on any atom is 0.258 e. The standard InChI is InChI=1S/C17H18BrFN2O3S/c1-17(2,3)21-25(23,24)15-7-5-4-6-14(15)20-16(22)12-10-11(18)8-9-13(12)19/h4-10,21H,1-3H3,(H,20,22). The molecule has 2 aromatic rings. The van der Waals surface area contributed by atoms with Gasteiger partial charge in [0.2, 0.25) is 10.0 Å². The SMILES string of the molecule is CC(C)(C)NS(=O)(=O)c1ccccc1NC(=O)c1cc(Br)ccc1F. The summed E-state index contributed by atoms with van der Waals surface area (Å²) >= 11 is 3.18. The number of rotatable bonds is 4. The molecule has 1 amide bonds. The van der Waals surface area contributed by atoms with E-state index in [1.165, 1.54) is 24.3 Å². The zero-order valence-corrected chi connectivity index (χ0v) is 16.3. The van der Waals surface area contributed by atoms with E-state index in [0.717, 1.165) is 6.07 Å². The third-order valence-corrected chi connectivity index (χ3v) is 5.35. The summed E-state index contributed by atoms with van der Waals surface area (Å²) in [5.74, 6) is -1.44. The molecule has 0 heterocycles. The Balaban J connectivity index is 2.39. The van der Waals surface area contributed by atoms with Gasteiger partial charge >= 0.3 is 0 Å². The van der Waals surface area contributed by atoms with Crippen LogP contribution < -0.4 is 10.0 Å². The molecule has 0 saturated heterocycles. The molecule has 0 aliphatic rings. The van der Waals surface area contributed by atoms with E-state index in [1.54, 1.807) is 32.9 Å². The molecule has 0 saturated carbocycles. The van der Waals surface area contributed by atoms with Crippen LogP contribution in [0, 0.1) is 5.82 Å². The summed E-state index contributed by atoms with van der Waals surface area (Å²) in [7, 11) is -3.86. The lowest BCUT2D eigenvalue weighted by atomic mass is 10.1. The first-order valence-electron chi connectivity index (χ1n) is 7.39. The molecule has 0 atom stereocenters. The fourth-order valence-electron chi connectivity index (χ4n) is 2.12. The van der Waals surface area contributed by atoms with Crippen LogP contribution in [0.5, 0.6) is 0 Å². The molecule has 25 heavy (non-hydrogen) atoms. The molecular weight excluding hydrogens is 411 g/mol. The molecule has 0 unspecified atom stereocenters. The van der Waals surface area contributed by atoms with Gasteiger partial charge in [-0.25, -0.2) is 17.5 Å². The Labute approximate surface area is 154 Å². The maximum atomic E-state index is 13.9. The lowest BCUT2D eigenvalue weighted by molar-refractivity contribution is 0.102. The molecule has 0 aromatic heterocycles. The maximum absolute atomic E-state index is 13.9. The number of amides is 1. The predicted molar refractivity (Wildman–Crippen MR) is 98.6 cm³/mol. The van der Waals surface area contributed by atoms with Gasteiger partial charge in [0.15, 0.2) is 0 Å². The number of benzene rings is 2. The van der Waals surface area contributed by atoms with Crippen LogP contribution in [0.25, 0.3) is 0 Å². The van der Waals surface area contributed by atoms with Gasteiger partial charge in [-0.1, -0.05) is 28.1 Å². The van der Waals surface area contributed by atoms with E-state index in [4.69, 9.17) is 0 Å². The Morgan fingerprint density at radius 2 is 1.76 bits per heavy atom. The average molecular weight is 429 g/mol. The molecule has 134 valence electrons. The minimum absolute atomic E-state index is 0.0728. The summed E-state index contributed by atoms with van der Waals surface area (Å²) in [4.78, 5) is 12.3. The quantitative estimate of drug-likeness (QED) is 0.774. The van der Waals surface area contributed by atoms with Crippen molar-refractivity contribution in [1.29, 1.82) is 0 Å². The molecule has 0 spiro atoms. The molecule has 0 radical (unpaired) electrons. The van der Waals surface area contributed by atoms with Crippen molar-refractivity contribution in [2.45, 2.75) is 31.2 Å².